The standard InChI is InChI=1S/C34H46F2N4O5S/c1-32(2)19-34(36,20-37-32)31(42)38-23-14-15-24(18-23)45-28-16-13-22(33(3,4)30(41)39-46(43,44)40(5)6)17-26(28)25-11-8-12-27(35)29(25)21-9-7-10-21/h8,11-13,16-17,21,23-24,37H,7,9-10,14-15,18-20H2,1-6H3,(H,38,42)(H,39,41)/t23-,24-,34-/m1/s1. The van der Waals surface area contributed by atoms with Crippen molar-refractivity contribution in [2.24, 2.45) is 0 Å². The lowest BCUT2D eigenvalue weighted by molar-refractivity contribution is -0.132. The topological polar surface area (TPSA) is 117 Å². The Morgan fingerprint density at radius 1 is 1.07 bits per heavy atom. The van der Waals surface area contributed by atoms with Crippen molar-refractivity contribution in [3.8, 4) is 16.9 Å². The normalized spacial score (nSPS) is 24.9. The van der Waals surface area contributed by atoms with Crippen molar-refractivity contribution in [3.63, 3.8) is 0 Å². The third-order valence-electron chi connectivity index (χ3n) is 9.82. The van der Waals surface area contributed by atoms with E-state index in [1.165, 1.54) is 20.2 Å². The lowest BCUT2D eigenvalue weighted by atomic mass is 9.76. The van der Waals surface area contributed by atoms with Gasteiger partial charge in [-0.2, -0.15) is 12.7 Å². The van der Waals surface area contributed by atoms with Gasteiger partial charge in [0.05, 0.1) is 5.41 Å². The molecule has 46 heavy (non-hydrogen) atoms. The van der Waals surface area contributed by atoms with Gasteiger partial charge in [-0.05, 0) is 94.2 Å². The molecule has 0 spiro atoms. The number of alkyl halides is 1. The van der Waals surface area contributed by atoms with Crippen LogP contribution in [-0.4, -0.2) is 68.5 Å². The molecule has 3 fully saturated rings. The van der Waals surface area contributed by atoms with Gasteiger partial charge < -0.3 is 15.4 Å². The fourth-order valence-electron chi connectivity index (χ4n) is 6.62. The van der Waals surface area contributed by atoms with Crippen LogP contribution >= 0.6 is 0 Å². The highest BCUT2D eigenvalue weighted by Gasteiger charge is 2.50. The number of hydrogen-bond acceptors (Lipinski definition) is 6. The SMILES string of the molecule is CN(C)S(=O)(=O)NC(=O)C(C)(C)c1ccc(O[C@@H]2CC[C@@H](NC(=O)[C@]3(F)CNC(C)(C)C3)C2)c(-c2cccc(F)c2C2CCC2)c1. The molecule has 0 radical (unpaired) electrons. The van der Waals surface area contributed by atoms with Crippen LogP contribution in [0.4, 0.5) is 8.78 Å². The summed E-state index contributed by atoms with van der Waals surface area (Å²) in [7, 11) is -1.35. The van der Waals surface area contributed by atoms with Gasteiger partial charge in [0.25, 0.3) is 5.91 Å². The number of benzene rings is 2. The molecule has 9 nitrogen and oxygen atoms in total. The summed E-state index contributed by atoms with van der Waals surface area (Å²) in [4.78, 5) is 26.2. The third-order valence-corrected chi connectivity index (χ3v) is 11.2. The zero-order valence-corrected chi connectivity index (χ0v) is 28.3. The van der Waals surface area contributed by atoms with Crippen LogP contribution < -0.4 is 20.1 Å². The fourth-order valence-corrected chi connectivity index (χ4v) is 7.29. The van der Waals surface area contributed by atoms with Gasteiger partial charge in [-0.3, -0.25) is 9.59 Å². The number of carbonyl (C=O) groups is 2. The molecule has 0 bridgehead atoms. The first-order chi connectivity index (χ1) is 21.4. The Kier molecular flexibility index (Phi) is 9.31. The largest absolute Gasteiger partial charge is 0.490 e. The van der Waals surface area contributed by atoms with Crippen molar-refractivity contribution in [3.05, 3.63) is 53.3 Å². The molecule has 2 aromatic rings. The van der Waals surface area contributed by atoms with E-state index in [1.54, 1.807) is 38.1 Å². The van der Waals surface area contributed by atoms with Crippen LogP contribution in [0.2, 0.25) is 0 Å². The molecule has 12 heteroatoms. The monoisotopic (exact) mass is 660 g/mol. The summed E-state index contributed by atoms with van der Waals surface area (Å²) in [6.45, 7) is 6.99. The van der Waals surface area contributed by atoms with Crippen molar-refractivity contribution in [1.82, 2.24) is 19.7 Å². The smallest absolute Gasteiger partial charge is 0.303 e. The maximum absolute atomic E-state index is 15.4. The van der Waals surface area contributed by atoms with Crippen LogP contribution in [-0.2, 0) is 25.2 Å². The van der Waals surface area contributed by atoms with Crippen LogP contribution in [0.15, 0.2) is 36.4 Å². The lowest BCUT2D eigenvalue weighted by Gasteiger charge is -2.30. The number of amides is 2. The van der Waals surface area contributed by atoms with Gasteiger partial charge in [-0.25, -0.2) is 13.5 Å². The van der Waals surface area contributed by atoms with E-state index in [-0.39, 0.29) is 36.8 Å². The Bertz CT molecular complexity index is 1610. The average molecular weight is 661 g/mol. The number of nitrogens with zero attached hydrogens (tertiary/aromatic N) is 1. The predicted molar refractivity (Wildman–Crippen MR) is 173 cm³/mol. The second-order valence-electron chi connectivity index (χ2n) is 14.5. The number of halogens is 2. The van der Waals surface area contributed by atoms with Crippen molar-refractivity contribution in [2.75, 3.05) is 20.6 Å². The summed E-state index contributed by atoms with van der Waals surface area (Å²) in [5.74, 6) is -1.07. The Hall–Kier alpha value is -3.09. The maximum atomic E-state index is 15.4. The summed E-state index contributed by atoms with van der Waals surface area (Å²) in [5.41, 5.74) is -1.29. The average Bonchev–Trinajstić information content (AvgIpc) is 3.50. The van der Waals surface area contributed by atoms with Gasteiger partial charge in [0, 0.05) is 50.6 Å². The molecule has 3 N–H and O–H groups in total. The van der Waals surface area contributed by atoms with E-state index >= 15 is 8.78 Å². The molecular weight excluding hydrogens is 614 g/mol. The predicted octanol–water partition coefficient (Wildman–Crippen LogP) is 4.86. The van der Waals surface area contributed by atoms with Crippen LogP contribution in [0.1, 0.15) is 89.7 Å². The number of carbonyl (C=O) groups excluding carboxylic acids is 2. The molecule has 0 unspecified atom stereocenters. The van der Waals surface area contributed by atoms with Crippen LogP contribution in [0, 0.1) is 5.82 Å². The first-order valence-corrected chi connectivity index (χ1v) is 17.5. The quantitative estimate of drug-likeness (QED) is 0.336. The van der Waals surface area contributed by atoms with Crippen molar-refractivity contribution >= 4 is 22.0 Å². The molecule has 2 amide bonds. The molecule has 1 saturated heterocycles. The van der Waals surface area contributed by atoms with E-state index in [9.17, 15) is 18.0 Å². The van der Waals surface area contributed by atoms with Crippen LogP contribution in [0.3, 0.4) is 0 Å². The molecule has 1 heterocycles. The fraction of sp³-hybridized carbons (Fsp3) is 0.588. The first-order valence-electron chi connectivity index (χ1n) is 16.0. The summed E-state index contributed by atoms with van der Waals surface area (Å²) in [6, 6.07) is 9.94. The van der Waals surface area contributed by atoms with E-state index < -0.39 is 38.6 Å². The van der Waals surface area contributed by atoms with Crippen molar-refractivity contribution in [2.45, 2.75) is 107 Å². The Morgan fingerprint density at radius 3 is 2.39 bits per heavy atom. The van der Waals surface area contributed by atoms with Gasteiger partial charge in [0.1, 0.15) is 17.7 Å². The summed E-state index contributed by atoms with van der Waals surface area (Å²) in [6.07, 6.45) is 4.29. The minimum absolute atomic E-state index is 0.0272. The number of ether oxygens (including phenoxy) is 1. The molecule has 1 aliphatic heterocycles. The highest BCUT2D eigenvalue weighted by atomic mass is 32.2. The molecular formula is C34H46F2N4O5S. The second kappa shape index (κ2) is 12.5. The minimum atomic E-state index is -4.02. The van der Waals surface area contributed by atoms with Crippen LogP contribution in [0.25, 0.3) is 11.1 Å². The van der Waals surface area contributed by atoms with Gasteiger partial charge in [-0.15, -0.1) is 0 Å². The number of hydrogen-bond donors (Lipinski definition) is 3. The zero-order chi connectivity index (χ0) is 33.7. The number of nitrogens with one attached hydrogen (secondary N) is 3. The maximum Gasteiger partial charge on any atom is 0.303 e. The molecule has 2 saturated carbocycles. The molecule has 3 atom stereocenters. The third kappa shape index (κ3) is 6.94. The van der Waals surface area contributed by atoms with Gasteiger partial charge in [-0.1, -0.05) is 24.6 Å². The Balaban J connectivity index is 1.43. The minimum Gasteiger partial charge on any atom is -0.490 e. The summed E-state index contributed by atoms with van der Waals surface area (Å²) >= 11 is 0. The molecule has 2 aliphatic carbocycles. The van der Waals surface area contributed by atoms with Crippen LogP contribution in [0.5, 0.6) is 5.75 Å². The van der Waals surface area contributed by atoms with E-state index in [2.05, 4.69) is 15.4 Å². The summed E-state index contributed by atoms with van der Waals surface area (Å²) < 4.78 is 65.3. The molecule has 0 aromatic heterocycles. The first kappa shape index (κ1) is 34.3. The molecule has 5 rings (SSSR count). The summed E-state index contributed by atoms with van der Waals surface area (Å²) in [5, 5.41) is 5.97. The molecule has 2 aromatic carbocycles. The van der Waals surface area contributed by atoms with E-state index in [4.69, 9.17) is 4.74 Å². The van der Waals surface area contributed by atoms with E-state index in [0.29, 0.717) is 47.3 Å². The number of rotatable bonds is 10. The molecule has 3 aliphatic rings. The van der Waals surface area contributed by atoms with E-state index in [0.717, 1.165) is 23.6 Å². The zero-order valence-electron chi connectivity index (χ0n) is 27.5. The molecule has 252 valence electrons. The Morgan fingerprint density at radius 2 is 1.78 bits per heavy atom. The Labute approximate surface area is 271 Å². The van der Waals surface area contributed by atoms with Crippen molar-refractivity contribution < 1.29 is 31.5 Å². The lowest BCUT2D eigenvalue weighted by Crippen LogP contribution is -2.48. The van der Waals surface area contributed by atoms with Gasteiger partial charge in [0.2, 0.25) is 11.6 Å². The van der Waals surface area contributed by atoms with Crippen molar-refractivity contribution in [1.29, 1.82) is 0 Å². The highest BCUT2D eigenvalue weighted by molar-refractivity contribution is 7.87. The van der Waals surface area contributed by atoms with E-state index in [1.807, 2.05) is 19.9 Å². The highest BCUT2D eigenvalue weighted by Crippen LogP contribution is 2.46. The second-order valence-corrected chi connectivity index (χ2v) is 16.4. The van der Waals surface area contributed by atoms with Gasteiger partial charge >= 0.3 is 10.2 Å². The van der Waals surface area contributed by atoms with Gasteiger partial charge in [0.15, 0.2) is 0 Å².